The Morgan fingerprint density at radius 1 is 1.44 bits per heavy atom. The molecule has 0 spiro atoms. The third-order valence-electron chi connectivity index (χ3n) is 3.04. The lowest BCUT2D eigenvalue weighted by atomic mass is 9.99. The number of hydrogen-bond donors (Lipinski definition) is 0. The smallest absolute Gasteiger partial charge is 0.0127 e. The lowest BCUT2D eigenvalue weighted by Crippen LogP contribution is -2.30. The molecule has 2 rings (SSSR count). The highest BCUT2D eigenvalue weighted by atomic mass is 15.2. The van der Waals surface area contributed by atoms with Crippen molar-refractivity contribution in [3.63, 3.8) is 0 Å². The Balaban J connectivity index is 2.01. The highest BCUT2D eigenvalue weighted by molar-refractivity contribution is 4.99. The van der Waals surface area contributed by atoms with Crippen LogP contribution in [0, 0.1) is 11.8 Å². The number of piperidine rings is 1. The van der Waals surface area contributed by atoms with Gasteiger partial charge in [-0.15, -0.1) is 0 Å². The van der Waals surface area contributed by atoms with Crippen LogP contribution in [-0.4, -0.2) is 24.5 Å². The second kappa shape index (κ2) is 1.72. The molecule has 0 bridgehead atoms. The zero-order chi connectivity index (χ0) is 6.43. The summed E-state index contributed by atoms with van der Waals surface area (Å²) in [5.74, 6) is 2.09. The van der Waals surface area contributed by atoms with Crippen molar-refractivity contribution in [3.05, 3.63) is 0 Å². The van der Waals surface area contributed by atoms with E-state index in [1.165, 1.54) is 19.4 Å². The van der Waals surface area contributed by atoms with E-state index in [4.69, 9.17) is 0 Å². The maximum absolute atomic E-state index is 2.52. The third kappa shape index (κ3) is 0.787. The van der Waals surface area contributed by atoms with Gasteiger partial charge in [-0.3, -0.25) is 0 Å². The Kier molecular flexibility index (Phi) is 1.10. The van der Waals surface area contributed by atoms with Crippen LogP contribution in [-0.2, 0) is 0 Å². The Morgan fingerprint density at radius 3 is 2.89 bits per heavy atom. The summed E-state index contributed by atoms with van der Waals surface area (Å²) in [6.07, 6.45) is 2.91. The van der Waals surface area contributed by atoms with Gasteiger partial charge in [-0.2, -0.15) is 0 Å². The van der Waals surface area contributed by atoms with Gasteiger partial charge in [0.2, 0.25) is 0 Å². The molecule has 0 aromatic heterocycles. The minimum absolute atomic E-state index is 0.980. The van der Waals surface area contributed by atoms with Gasteiger partial charge in [-0.1, -0.05) is 6.92 Å². The first-order valence-electron chi connectivity index (χ1n) is 3.99. The van der Waals surface area contributed by atoms with Crippen molar-refractivity contribution in [2.24, 2.45) is 11.8 Å². The Labute approximate surface area is 57.0 Å². The summed E-state index contributed by atoms with van der Waals surface area (Å²) in [6, 6.07) is 0.980. The summed E-state index contributed by atoms with van der Waals surface area (Å²) in [5.41, 5.74) is 0. The van der Waals surface area contributed by atoms with Gasteiger partial charge in [0.25, 0.3) is 0 Å². The van der Waals surface area contributed by atoms with E-state index in [0.717, 1.165) is 17.9 Å². The van der Waals surface area contributed by atoms with Crippen LogP contribution in [0.25, 0.3) is 0 Å². The molecule has 0 amide bonds. The van der Waals surface area contributed by atoms with Gasteiger partial charge in [0.1, 0.15) is 0 Å². The van der Waals surface area contributed by atoms with Crippen molar-refractivity contribution < 1.29 is 0 Å². The fourth-order valence-electron chi connectivity index (χ4n) is 2.11. The van der Waals surface area contributed by atoms with E-state index in [9.17, 15) is 0 Å². The summed E-state index contributed by atoms with van der Waals surface area (Å²) in [4.78, 5) is 2.52. The minimum Gasteiger partial charge on any atom is -0.303 e. The van der Waals surface area contributed by atoms with Crippen molar-refractivity contribution in [1.82, 2.24) is 4.90 Å². The zero-order valence-corrected chi connectivity index (χ0v) is 6.30. The van der Waals surface area contributed by atoms with E-state index < -0.39 is 0 Å². The average molecular weight is 125 g/mol. The molecular formula is C8H15N. The van der Waals surface area contributed by atoms with Gasteiger partial charge in [-0.05, 0) is 38.3 Å². The molecule has 1 heteroatoms. The molecule has 0 radical (unpaired) electrons. The number of hydrogen-bond acceptors (Lipinski definition) is 1. The van der Waals surface area contributed by atoms with Crippen molar-refractivity contribution in [2.45, 2.75) is 25.8 Å². The first-order valence-corrected chi connectivity index (χ1v) is 3.99. The van der Waals surface area contributed by atoms with Crippen LogP contribution in [0.5, 0.6) is 0 Å². The van der Waals surface area contributed by atoms with E-state index in [0.29, 0.717) is 0 Å². The number of fused-ring (bicyclic) bond motifs is 1. The van der Waals surface area contributed by atoms with E-state index in [1.807, 2.05) is 0 Å². The maximum Gasteiger partial charge on any atom is 0.0127 e. The molecule has 2 fully saturated rings. The summed E-state index contributed by atoms with van der Waals surface area (Å²) in [6.45, 7) is 3.74. The first-order chi connectivity index (χ1) is 4.29. The lowest BCUT2D eigenvalue weighted by molar-refractivity contribution is 0.219. The van der Waals surface area contributed by atoms with Crippen molar-refractivity contribution in [3.8, 4) is 0 Å². The van der Waals surface area contributed by atoms with Gasteiger partial charge in [0.15, 0.2) is 0 Å². The molecule has 1 aliphatic heterocycles. The van der Waals surface area contributed by atoms with Crippen molar-refractivity contribution in [2.75, 3.05) is 13.6 Å². The molecule has 1 saturated heterocycles. The highest BCUT2D eigenvalue weighted by Crippen LogP contribution is 2.45. The predicted octanol–water partition coefficient (Wildman–Crippen LogP) is 1.35. The van der Waals surface area contributed by atoms with Crippen LogP contribution < -0.4 is 0 Å². The van der Waals surface area contributed by atoms with Gasteiger partial charge < -0.3 is 4.90 Å². The predicted molar refractivity (Wildman–Crippen MR) is 38.3 cm³/mol. The Morgan fingerprint density at radius 2 is 2.22 bits per heavy atom. The summed E-state index contributed by atoms with van der Waals surface area (Å²) in [7, 11) is 2.26. The molecule has 1 aliphatic carbocycles. The SMILES string of the molecule is CC1CCN(C)C2CC12. The molecule has 52 valence electrons. The highest BCUT2D eigenvalue weighted by Gasteiger charge is 2.46. The number of nitrogens with zero attached hydrogens (tertiary/aromatic N) is 1. The molecule has 1 heterocycles. The molecule has 1 saturated carbocycles. The Bertz CT molecular complexity index is 108. The van der Waals surface area contributed by atoms with E-state index in [1.54, 1.807) is 0 Å². The van der Waals surface area contributed by atoms with Crippen molar-refractivity contribution in [1.29, 1.82) is 0 Å². The summed E-state index contributed by atoms with van der Waals surface area (Å²) < 4.78 is 0. The van der Waals surface area contributed by atoms with Crippen LogP contribution in [0.2, 0.25) is 0 Å². The molecule has 2 aliphatic rings. The van der Waals surface area contributed by atoms with Crippen LogP contribution in [0.15, 0.2) is 0 Å². The second-order valence-corrected chi connectivity index (χ2v) is 3.71. The van der Waals surface area contributed by atoms with Gasteiger partial charge in [0, 0.05) is 6.04 Å². The fourth-order valence-corrected chi connectivity index (χ4v) is 2.11. The second-order valence-electron chi connectivity index (χ2n) is 3.71. The molecule has 0 N–H and O–H groups in total. The summed E-state index contributed by atoms with van der Waals surface area (Å²) >= 11 is 0. The average Bonchev–Trinajstić information content (AvgIpc) is 2.57. The zero-order valence-electron chi connectivity index (χ0n) is 6.30. The van der Waals surface area contributed by atoms with Crippen LogP contribution in [0.3, 0.4) is 0 Å². The standard InChI is InChI=1S/C8H15N/c1-6-3-4-9(2)8-5-7(6)8/h6-8H,3-5H2,1-2H3. The molecule has 1 nitrogen and oxygen atoms in total. The molecular weight excluding hydrogens is 110 g/mol. The maximum atomic E-state index is 2.52. The molecule has 0 aromatic carbocycles. The monoisotopic (exact) mass is 125 g/mol. The molecule has 0 aromatic rings. The Hall–Kier alpha value is -0.0400. The fraction of sp³-hybridized carbons (Fsp3) is 1.00. The van der Waals surface area contributed by atoms with Crippen molar-refractivity contribution >= 4 is 0 Å². The molecule has 3 unspecified atom stereocenters. The lowest BCUT2D eigenvalue weighted by Gasteiger charge is -2.25. The molecule has 9 heavy (non-hydrogen) atoms. The van der Waals surface area contributed by atoms with Gasteiger partial charge >= 0.3 is 0 Å². The van der Waals surface area contributed by atoms with Gasteiger partial charge in [0.05, 0.1) is 0 Å². The van der Waals surface area contributed by atoms with E-state index >= 15 is 0 Å². The van der Waals surface area contributed by atoms with E-state index in [-0.39, 0.29) is 0 Å². The normalized spacial score (nSPS) is 50.7. The minimum atomic E-state index is 0.980. The van der Waals surface area contributed by atoms with E-state index in [2.05, 4.69) is 18.9 Å². The first kappa shape index (κ1) is 5.72. The molecule has 3 atom stereocenters. The quantitative estimate of drug-likeness (QED) is 0.472. The number of rotatable bonds is 0. The third-order valence-corrected chi connectivity index (χ3v) is 3.04. The number of likely N-dealkylation sites (tertiary alicyclic amines) is 1. The van der Waals surface area contributed by atoms with Crippen LogP contribution in [0.1, 0.15) is 19.8 Å². The largest absolute Gasteiger partial charge is 0.303 e. The van der Waals surface area contributed by atoms with Gasteiger partial charge in [-0.25, -0.2) is 0 Å². The topological polar surface area (TPSA) is 3.24 Å². The summed E-state index contributed by atoms with van der Waals surface area (Å²) in [5, 5.41) is 0. The van der Waals surface area contributed by atoms with Crippen LogP contribution in [0.4, 0.5) is 0 Å². The van der Waals surface area contributed by atoms with Crippen LogP contribution >= 0.6 is 0 Å².